The van der Waals surface area contributed by atoms with Crippen LogP contribution in [0.2, 0.25) is 51.4 Å². The van der Waals surface area contributed by atoms with Crippen molar-refractivity contribution < 1.29 is 37.7 Å². The average Bonchev–Trinajstić information content (AvgIpc) is 3.91. The number of H-pyrrole nitrogens is 2. The summed E-state index contributed by atoms with van der Waals surface area (Å²) in [6, 6.07) is 1.93. The van der Waals surface area contributed by atoms with E-state index in [0.717, 1.165) is 55.1 Å². The highest BCUT2D eigenvalue weighted by Crippen LogP contribution is 2.33. The second-order valence-electron chi connectivity index (χ2n) is 20.0. The van der Waals surface area contributed by atoms with E-state index in [9.17, 15) is 9.59 Å². The van der Waals surface area contributed by atoms with Crippen LogP contribution < -0.4 is 9.13 Å². The number of hydrogen-bond acceptors (Lipinski definition) is 10. The van der Waals surface area contributed by atoms with E-state index in [1.165, 1.54) is 0 Å². The van der Waals surface area contributed by atoms with Crippen LogP contribution in [0.25, 0.3) is 22.6 Å². The molecule has 2 N–H and O–H groups in total. The third-order valence-electron chi connectivity index (χ3n) is 9.86. The van der Waals surface area contributed by atoms with Crippen molar-refractivity contribution in [3.8, 4) is 0 Å². The summed E-state index contributed by atoms with van der Waals surface area (Å²) in [7, 11) is -2.35. The van der Waals surface area contributed by atoms with Crippen LogP contribution >= 0.6 is 31.9 Å². The molecule has 0 unspecified atom stereocenters. The van der Waals surface area contributed by atoms with Crippen LogP contribution in [-0.4, -0.2) is 106 Å². The lowest BCUT2D eigenvalue weighted by Gasteiger charge is -2.27. The molecule has 0 bridgehead atoms. The number of rotatable bonds is 12. The van der Waals surface area contributed by atoms with Gasteiger partial charge in [0.15, 0.2) is 18.1 Å². The molecule has 2 amide bonds. The fraction of sp³-hybridized carbons (Fsp3) is 0.700. The number of carbonyl (C=O) groups is 2. The molecule has 16 nitrogen and oxygen atoms in total. The van der Waals surface area contributed by atoms with Crippen LogP contribution in [0.4, 0.5) is 9.59 Å². The van der Waals surface area contributed by atoms with E-state index in [0.29, 0.717) is 65.9 Å². The first kappa shape index (κ1) is 48.0. The van der Waals surface area contributed by atoms with Crippen molar-refractivity contribution >= 4 is 82.8 Å². The molecular formula is C40H66Br2N10O6Si2+2. The van der Waals surface area contributed by atoms with E-state index < -0.39 is 27.3 Å². The third-order valence-corrected chi connectivity index (χ3v) is 14.0. The van der Waals surface area contributed by atoms with E-state index in [2.05, 4.69) is 101 Å². The Morgan fingerprint density at radius 1 is 0.700 bits per heavy atom. The molecule has 0 aliphatic carbocycles. The molecule has 60 heavy (non-hydrogen) atoms. The number of fused-ring (bicyclic) bond motifs is 2. The van der Waals surface area contributed by atoms with E-state index in [1.54, 1.807) is 22.2 Å². The summed E-state index contributed by atoms with van der Waals surface area (Å²) in [6.45, 7) is 28.8. The van der Waals surface area contributed by atoms with Crippen molar-refractivity contribution in [2.24, 2.45) is 0 Å². The molecule has 332 valence electrons. The minimum Gasteiger partial charge on any atom is -0.444 e. The van der Waals surface area contributed by atoms with Gasteiger partial charge in [-0.25, -0.2) is 28.7 Å². The van der Waals surface area contributed by atoms with Gasteiger partial charge in [0.2, 0.25) is 11.6 Å². The Balaban J connectivity index is 0.000000228. The number of hydrogen-bond donors (Lipinski definition) is 2. The molecule has 2 fully saturated rings. The number of amides is 2. The molecule has 0 aromatic carbocycles. The molecule has 4 aromatic rings. The fourth-order valence-corrected chi connectivity index (χ4v) is 8.98. The van der Waals surface area contributed by atoms with Crippen molar-refractivity contribution in [1.29, 1.82) is 0 Å². The molecule has 0 radical (unpaired) electrons. The molecule has 2 atom stereocenters. The molecule has 6 heterocycles. The monoisotopic (exact) mass is 996 g/mol. The van der Waals surface area contributed by atoms with Gasteiger partial charge in [0, 0.05) is 42.5 Å². The quantitative estimate of drug-likeness (QED) is 0.0796. The highest BCUT2D eigenvalue weighted by Gasteiger charge is 2.41. The van der Waals surface area contributed by atoms with Crippen LogP contribution in [0.15, 0.2) is 21.6 Å². The van der Waals surface area contributed by atoms with Gasteiger partial charge in [0.05, 0.1) is 6.20 Å². The van der Waals surface area contributed by atoms with E-state index in [-0.39, 0.29) is 24.3 Å². The molecule has 0 saturated carbocycles. The van der Waals surface area contributed by atoms with Crippen molar-refractivity contribution in [3.63, 3.8) is 0 Å². The van der Waals surface area contributed by atoms with Gasteiger partial charge in [-0.2, -0.15) is 0 Å². The van der Waals surface area contributed by atoms with Gasteiger partial charge in [-0.1, -0.05) is 44.3 Å². The topological polar surface area (TPSA) is 168 Å². The number of likely N-dealkylation sites (tertiary alicyclic amines) is 2. The zero-order valence-electron chi connectivity index (χ0n) is 37.6. The Hall–Kier alpha value is -3.05. The van der Waals surface area contributed by atoms with Crippen LogP contribution in [-0.2, 0) is 32.4 Å². The summed E-state index contributed by atoms with van der Waals surface area (Å²) in [4.78, 5) is 54.1. The van der Waals surface area contributed by atoms with Crippen LogP contribution in [0.1, 0.15) is 91.0 Å². The highest BCUT2D eigenvalue weighted by atomic mass is 79.9. The molecule has 2 saturated heterocycles. The normalized spacial score (nSPS) is 17.7. The number of halogens is 2. The first-order valence-corrected chi connectivity index (χ1v) is 29.9. The zero-order valence-corrected chi connectivity index (χ0v) is 42.7. The van der Waals surface area contributed by atoms with Crippen LogP contribution in [0, 0.1) is 0 Å². The second kappa shape index (κ2) is 19.6. The second-order valence-corrected chi connectivity index (χ2v) is 32.8. The number of carbonyl (C=O) groups excluding carboxylic acids is 2. The SMILES string of the molecule is CC(C)(C)OC(=O)N1CCC[C@H]1c1[nH]c2nc(Br)cnc2[n+]1COCC[Si](C)(C)C.CC(C)(C)OC(=O)N1CCC[C@H]1c1[nH]c2ncc(Br)nc2[n+]1COCC[Si](C)(C)C. The molecule has 20 heteroatoms. The number of aromatic nitrogens is 8. The van der Waals surface area contributed by atoms with E-state index >= 15 is 0 Å². The number of nitrogens with zero attached hydrogens (tertiary/aromatic N) is 8. The Morgan fingerprint density at radius 3 is 1.60 bits per heavy atom. The Kier molecular flexibility index (Phi) is 15.6. The minimum atomic E-state index is -1.18. The van der Waals surface area contributed by atoms with Gasteiger partial charge in [0.1, 0.15) is 34.1 Å². The number of aromatic amines is 2. The predicted octanol–water partition coefficient (Wildman–Crippen LogP) is 8.78. The average molecular weight is 999 g/mol. The lowest BCUT2D eigenvalue weighted by Crippen LogP contribution is -2.45. The maximum atomic E-state index is 12.8. The molecule has 4 aromatic heterocycles. The van der Waals surface area contributed by atoms with Gasteiger partial charge in [0.25, 0.3) is 11.3 Å². The number of ether oxygens (including phenoxy) is 4. The summed E-state index contributed by atoms with van der Waals surface area (Å²) in [6.07, 6.45) is 6.29. The summed E-state index contributed by atoms with van der Waals surface area (Å²) in [5.41, 5.74) is 1.71. The zero-order chi connectivity index (χ0) is 44.2. The van der Waals surface area contributed by atoms with Gasteiger partial charge < -0.3 is 18.9 Å². The largest absolute Gasteiger partial charge is 0.444 e. The van der Waals surface area contributed by atoms with E-state index in [1.807, 2.05) is 50.7 Å². The first-order chi connectivity index (χ1) is 27.9. The number of nitrogens with one attached hydrogen (secondary N) is 2. The molecule has 2 aliphatic rings. The maximum absolute atomic E-state index is 12.8. The predicted molar refractivity (Wildman–Crippen MR) is 242 cm³/mol. The molecule has 2 aliphatic heterocycles. The summed E-state index contributed by atoms with van der Waals surface area (Å²) < 4.78 is 28.7. The van der Waals surface area contributed by atoms with Gasteiger partial charge in [-0.05, 0) is 111 Å². The van der Waals surface area contributed by atoms with Gasteiger partial charge in [-0.3, -0.25) is 19.8 Å². The standard InChI is InChI=1S/2C20H32BrN5O3Si/c1-20(2,3)29-19(27)25-9-7-8-14(25)17-24-16-18(22-12-15(21)23-16)26(17)13-28-10-11-30(4,5)6;1-20(2,3)29-19(27)25-9-7-8-14(25)17-24-16-18(23-15(21)12-22-16)26(17)13-28-10-11-30(4,5)6/h2*12,14H,7-11,13H2,1-6H3/p+2/t2*14-/m00/s1. The lowest BCUT2D eigenvalue weighted by molar-refractivity contribution is -0.719. The molecular weight excluding hydrogens is 932 g/mol. The maximum Gasteiger partial charge on any atom is 0.411 e. The summed E-state index contributed by atoms with van der Waals surface area (Å²) in [5.74, 6) is 1.75. The van der Waals surface area contributed by atoms with Crippen molar-refractivity contribution in [3.05, 3.63) is 33.2 Å². The van der Waals surface area contributed by atoms with Crippen LogP contribution in [0.3, 0.4) is 0 Å². The Morgan fingerprint density at radius 2 is 1.13 bits per heavy atom. The first-order valence-electron chi connectivity index (χ1n) is 20.9. The van der Waals surface area contributed by atoms with Gasteiger partial charge in [-0.15, -0.1) is 4.98 Å². The van der Waals surface area contributed by atoms with Crippen LogP contribution in [0.5, 0.6) is 0 Å². The fourth-order valence-electron chi connectivity index (χ4n) is 6.92. The smallest absolute Gasteiger partial charge is 0.411 e. The molecule has 0 spiro atoms. The molecule has 6 rings (SSSR count). The van der Waals surface area contributed by atoms with Crippen molar-refractivity contribution in [2.75, 3.05) is 26.3 Å². The third kappa shape index (κ3) is 13.5. The van der Waals surface area contributed by atoms with Crippen molar-refractivity contribution in [1.82, 2.24) is 39.7 Å². The minimum absolute atomic E-state index is 0.129. The summed E-state index contributed by atoms with van der Waals surface area (Å²) >= 11 is 6.80. The Labute approximate surface area is 373 Å². The number of imidazole rings is 2. The Bertz CT molecular complexity index is 2060. The highest BCUT2D eigenvalue weighted by molar-refractivity contribution is 9.10. The van der Waals surface area contributed by atoms with E-state index in [4.69, 9.17) is 18.9 Å². The van der Waals surface area contributed by atoms with Crippen molar-refractivity contribution in [2.45, 2.75) is 155 Å². The summed E-state index contributed by atoms with van der Waals surface area (Å²) in [5, 5.41) is 0. The lowest BCUT2D eigenvalue weighted by atomic mass is 10.2. The van der Waals surface area contributed by atoms with Gasteiger partial charge >= 0.3 is 23.5 Å².